The van der Waals surface area contributed by atoms with Crippen LogP contribution in [0.3, 0.4) is 0 Å². The van der Waals surface area contributed by atoms with Crippen molar-refractivity contribution in [2.24, 2.45) is 0 Å². The lowest BCUT2D eigenvalue weighted by Crippen LogP contribution is -2.59. The summed E-state index contributed by atoms with van der Waals surface area (Å²) in [5.74, 6) is 0.00976. The molecule has 0 spiro atoms. The Hall–Kier alpha value is -3.22. The number of hydrogen-bond acceptors (Lipinski definition) is 8. The lowest BCUT2D eigenvalue weighted by atomic mass is 10.1. The predicted molar refractivity (Wildman–Crippen MR) is 192 cm³/mol. The Morgan fingerprint density at radius 3 is 2.35 bits per heavy atom. The Bertz CT molecular complexity index is 1720. The van der Waals surface area contributed by atoms with E-state index in [9.17, 15) is 9.59 Å². The number of nitrogens with zero attached hydrogens (tertiary/aromatic N) is 5. The van der Waals surface area contributed by atoms with Gasteiger partial charge >= 0.3 is 11.8 Å². The maximum absolute atomic E-state index is 15.2. The summed E-state index contributed by atoms with van der Waals surface area (Å²) in [6.45, 7) is 25.5. The summed E-state index contributed by atoms with van der Waals surface area (Å²) in [5, 5.41) is 0.308. The molecule has 13 heteroatoms. The normalized spacial score (nSPS) is 17.7. The third kappa shape index (κ3) is 7.97. The Morgan fingerprint density at radius 2 is 1.75 bits per heavy atom. The zero-order valence-corrected chi connectivity index (χ0v) is 32.2. The van der Waals surface area contributed by atoms with E-state index in [0.29, 0.717) is 53.5 Å². The minimum atomic E-state index is -2.00. The number of ether oxygens (including phenoxy) is 2. The van der Waals surface area contributed by atoms with Gasteiger partial charge in [-0.05, 0) is 70.8 Å². The zero-order chi connectivity index (χ0) is 35.9. The molecule has 0 N–H and O–H groups in total. The highest BCUT2D eigenvalue weighted by Crippen LogP contribution is 2.38. The quantitative estimate of drug-likeness (QED) is 0.172. The van der Waals surface area contributed by atoms with Gasteiger partial charge in [0, 0.05) is 42.8 Å². The summed E-state index contributed by atoms with van der Waals surface area (Å²) in [5.41, 5.74) is 0.171. The highest BCUT2D eigenvalue weighted by molar-refractivity contribution is 6.74. The van der Waals surface area contributed by atoms with Crippen molar-refractivity contribution in [3.05, 3.63) is 51.4 Å². The minimum absolute atomic E-state index is 0.0471. The summed E-state index contributed by atoms with van der Waals surface area (Å²) in [4.78, 5) is 40.0. The first kappa shape index (κ1) is 37.6. The summed E-state index contributed by atoms with van der Waals surface area (Å²) in [6, 6.07) is 3.94. The molecular weight excluding hydrogens is 653 g/mol. The van der Waals surface area contributed by atoms with Gasteiger partial charge in [-0.25, -0.2) is 14.0 Å². The number of carbonyl (C=O) groups excluding carboxylic acids is 1. The second kappa shape index (κ2) is 14.0. The molecular formula is C35H51ClFN5O5Si. The molecule has 1 saturated heterocycles. The Kier molecular flexibility index (Phi) is 10.9. The van der Waals surface area contributed by atoms with Crippen LogP contribution in [0.4, 0.5) is 15.0 Å². The number of halogens is 2. The number of piperazine rings is 1. The van der Waals surface area contributed by atoms with Crippen LogP contribution >= 0.6 is 11.6 Å². The minimum Gasteiger partial charge on any atom is -0.489 e. The number of fused-ring (bicyclic) bond motifs is 1. The largest absolute Gasteiger partial charge is 0.489 e. The first-order valence-corrected chi connectivity index (χ1v) is 19.9. The number of anilines is 1. The zero-order valence-electron chi connectivity index (χ0n) is 30.4. The van der Waals surface area contributed by atoms with Crippen LogP contribution in [0, 0.1) is 5.82 Å². The molecule has 2 aromatic heterocycles. The molecule has 48 heavy (non-hydrogen) atoms. The molecule has 1 aliphatic heterocycles. The number of pyridine rings is 1. The molecule has 0 radical (unpaired) electrons. The van der Waals surface area contributed by atoms with Crippen molar-refractivity contribution in [3.8, 4) is 11.4 Å². The highest BCUT2D eigenvalue weighted by Gasteiger charge is 2.38. The van der Waals surface area contributed by atoms with Crippen LogP contribution in [-0.2, 0) is 9.16 Å². The van der Waals surface area contributed by atoms with E-state index in [4.69, 9.17) is 25.5 Å². The molecule has 3 heterocycles. The van der Waals surface area contributed by atoms with Gasteiger partial charge in [-0.1, -0.05) is 46.2 Å². The average molecular weight is 704 g/mol. The van der Waals surface area contributed by atoms with E-state index in [-0.39, 0.29) is 34.7 Å². The van der Waals surface area contributed by atoms with Crippen LogP contribution in [0.5, 0.6) is 5.75 Å². The lowest BCUT2D eigenvalue weighted by Gasteiger charge is -2.45. The van der Waals surface area contributed by atoms with Crippen molar-refractivity contribution in [1.29, 1.82) is 0 Å². The van der Waals surface area contributed by atoms with Crippen LogP contribution in [0.15, 0.2) is 29.2 Å². The summed E-state index contributed by atoms with van der Waals surface area (Å²) < 4.78 is 34.9. The number of amides is 1. The Labute approximate surface area is 289 Å². The lowest BCUT2D eigenvalue weighted by molar-refractivity contribution is 0.0130. The molecule has 4 rings (SSSR count). The third-order valence-corrected chi connectivity index (χ3v) is 13.9. The maximum Gasteiger partial charge on any atom is 0.410 e. The van der Waals surface area contributed by atoms with Gasteiger partial charge in [0.1, 0.15) is 35.3 Å². The van der Waals surface area contributed by atoms with E-state index in [0.717, 1.165) is 0 Å². The monoisotopic (exact) mass is 703 g/mol. The SMILES string of the molecule is CC(C)c1nccc(OCCO[Si](C)(C)C(C)(C)C)c1-n1c(=O)nc(N2C[C@@H](C)N(C(=O)OC(C)(C)C)C[C@@H]2C)c2cc(F)c(Cl)cc21. The van der Waals surface area contributed by atoms with Crippen molar-refractivity contribution < 1.29 is 23.1 Å². The van der Waals surface area contributed by atoms with Gasteiger partial charge in [0.2, 0.25) is 0 Å². The molecule has 2 atom stereocenters. The smallest absolute Gasteiger partial charge is 0.410 e. The molecule has 10 nitrogen and oxygen atoms in total. The van der Waals surface area contributed by atoms with Crippen LogP contribution in [0.25, 0.3) is 16.6 Å². The number of hydrogen-bond donors (Lipinski definition) is 0. The fourth-order valence-electron chi connectivity index (χ4n) is 5.52. The Balaban J connectivity index is 1.80. The third-order valence-electron chi connectivity index (χ3n) is 9.10. The van der Waals surface area contributed by atoms with Crippen molar-refractivity contribution in [3.63, 3.8) is 0 Å². The van der Waals surface area contributed by atoms with Gasteiger partial charge in [-0.2, -0.15) is 4.98 Å². The molecule has 0 unspecified atom stereocenters. The fourth-order valence-corrected chi connectivity index (χ4v) is 6.70. The first-order valence-electron chi connectivity index (χ1n) is 16.6. The summed E-state index contributed by atoms with van der Waals surface area (Å²) in [7, 11) is -2.00. The molecule has 3 aromatic rings. The molecule has 0 bridgehead atoms. The summed E-state index contributed by atoms with van der Waals surface area (Å²) in [6.07, 6.45) is 1.24. The maximum atomic E-state index is 15.2. The van der Waals surface area contributed by atoms with E-state index in [1.165, 1.54) is 16.7 Å². The standard InChI is InChI=1S/C35H51ClFN5O5Si/c1-21(2)29-30(28(13-14-38-29)45-15-16-46-48(11,12)35(8,9)10)42-27-18-25(36)26(37)17-24(27)31(39-32(42)43)40-19-23(4)41(20-22(40)3)33(44)47-34(5,6)7/h13-14,17-18,21-23H,15-16,19-20H2,1-12H3/t22-,23+/m0/s1. The van der Waals surface area contributed by atoms with Crippen LogP contribution < -0.4 is 15.3 Å². The van der Waals surface area contributed by atoms with Crippen molar-refractivity contribution in [2.45, 2.75) is 111 Å². The number of rotatable bonds is 8. The summed E-state index contributed by atoms with van der Waals surface area (Å²) >= 11 is 6.38. The van der Waals surface area contributed by atoms with E-state index in [1.54, 1.807) is 17.2 Å². The van der Waals surface area contributed by atoms with Gasteiger partial charge in [0.15, 0.2) is 8.32 Å². The van der Waals surface area contributed by atoms with E-state index in [2.05, 4.69) is 43.8 Å². The second-order valence-corrected chi connectivity index (χ2v) is 20.7. The van der Waals surface area contributed by atoms with E-state index < -0.39 is 31.5 Å². The molecule has 1 aliphatic rings. The van der Waals surface area contributed by atoms with E-state index in [1.807, 2.05) is 53.4 Å². The molecule has 1 aromatic carbocycles. The van der Waals surface area contributed by atoms with Gasteiger partial charge < -0.3 is 23.7 Å². The van der Waals surface area contributed by atoms with E-state index >= 15 is 4.39 Å². The van der Waals surface area contributed by atoms with Crippen LogP contribution in [-0.4, -0.2) is 77.8 Å². The molecule has 0 aliphatic carbocycles. The highest BCUT2D eigenvalue weighted by atomic mass is 35.5. The number of benzene rings is 1. The molecule has 1 fully saturated rings. The van der Waals surface area contributed by atoms with Crippen LogP contribution in [0.2, 0.25) is 23.2 Å². The van der Waals surface area contributed by atoms with Gasteiger partial charge in [-0.3, -0.25) is 9.55 Å². The first-order chi connectivity index (χ1) is 22.1. The number of carbonyl (C=O) groups is 1. The van der Waals surface area contributed by atoms with Gasteiger partial charge in [0.05, 0.1) is 22.8 Å². The fraction of sp³-hybridized carbons (Fsp3) is 0.600. The molecule has 1 amide bonds. The number of aromatic nitrogens is 3. The predicted octanol–water partition coefficient (Wildman–Crippen LogP) is 7.93. The van der Waals surface area contributed by atoms with Crippen LogP contribution in [0.1, 0.15) is 80.8 Å². The average Bonchev–Trinajstić information content (AvgIpc) is 2.95. The van der Waals surface area contributed by atoms with Crippen molar-refractivity contribution in [1.82, 2.24) is 19.4 Å². The van der Waals surface area contributed by atoms with Crippen molar-refractivity contribution >= 4 is 42.7 Å². The second-order valence-electron chi connectivity index (χ2n) is 15.5. The topological polar surface area (TPSA) is 99.0 Å². The Morgan fingerprint density at radius 1 is 1.08 bits per heavy atom. The molecule has 0 saturated carbocycles. The van der Waals surface area contributed by atoms with Crippen molar-refractivity contribution in [2.75, 3.05) is 31.2 Å². The molecule has 264 valence electrons. The van der Waals surface area contributed by atoms with Gasteiger partial charge in [0.25, 0.3) is 0 Å². The van der Waals surface area contributed by atoms with Gasteiger partial charge in [-0.15, -0.1) is 0 Å².